The lowest BCUT2D eigenvalue weighted by molar-refractivity contribution is 0.100. The van der Waals surface area contributed by atoms with Crippen molar-refractivity contribution in [2.75, 3.05) is 0 Å². The minimum atomic E-state index is -0.461. The Hall–Kier alpha value is -4.06. The molecule has 1 N–H and O–H groups in total. The van der Waals surface area contributed by atoms with Crippen LogP contribution in [0.1, 0.15) is 32.2 Å². The van der Waals surface area contributed by atoms with Crippen molar-refractivity contribution >= 4 is 11.6 Å². The number of rotatable bonds is 5. The largest absolute Gasteiger partial charge is 0.461 e. The van der Waals surface area contributed by atoms with E-state index in [0.29, 0.717) is 11.3 Å². The molecule has 136 valence electrons. The standard InChI is InChI=1S/C22H15N3O3/c23-22-17(20(26)15-8-3-1-4-9-15)14-18(21(27)19-12-7-13-28-19)24-25(22)16-10-5-2-6-11-16/h1-14,23H. The summed E-state index contributed by atoms with van der Waals surface area (Å²) < 4.78 is 6.46. The molecule has 0 radical (unpaired) electrons. The highest BCUT2D eigenvalue weighted by Gasteiger charge is 2.21. The fourth-order valence-corrected chi connectivity index (χ4v) is 2.82. The molecule has 0 fully saturated rings. The van der Waals surface area contributed by atoms with Crippen molar-refractivity contribution in [2.45, 2.75) is 0 Å². The van der Waals surface area contributed by atoms with Gasteiger partial charge in [0.25, 0.3) is 0 Å². The second kappa shape index (κ2) is 7.28. The summed E-state index contributed by atoms with van der Waals surface area (Å²) in [5, 5.41) is 12.8. The third-order valence-corrected chi connectivity index (χ3v) is 4.21. The van der Waals surface area contributed by atoms with E-state index in [2.05, 4.69) is 5.10 Å². The second-order valence-corrected chi connectivity index (χ2v) is 6.04. The van der Waals surface area contributed by atoms with Crippen LogP contribution in [0.25, 0.3) is 5.69 Å². The third kappa shape index (κ3) is 3.19. The van der Waals surface area contributed by atoms with Crippen LogP contribution in [0.5, 0.6) is 0 Å². The quantitative estimate of drug-likeness (QED) is 0.546. The van der Waals surface area contributed by atoms with Crippen LogP contribution in [-0.4, -0.2) is 21.3 Å². The maximum Gasteiger partial charge on any atom is 0.248 e. The van der Waals surface area contributed by atoms with E-state index in [1.165, 1.54) is 23.1 Å². The Morgan fingerprint density at radius 3 is 2.18 bits per heavy atom. The van der Waals surface area contributed by atoms with E-state index >= 15 is 0 Å². The number of nitrogens with one attached hydrogen (secondary N) is 1. The monoisotopic (exact) mass is 369 g/mol. The Morgan fingerprint density at radius 2 is 1.54 bits per heavy atom. The molecule has 0 bridgehead atoms. The molecule has 28 heavy (non-hydrogen) atoms. The van der Waals surface area contributed by atoms with Crippen LogP contribution >= 0.6 is 0 Å². The molecular formula is C22H15N3O3. The molecule has 0 aliphatic carbocycles. The van der Waals surface area contributed by atoms with Crippen molar-refractivity contribution in [2.24, 2.45) is 0 Å². The molecule has 2 heterocycles. The zero-order valence-electron chi connectivity index (χ0n) is 14.7. The van der Waals surface area contributed by atoms with Gasteiger partial charge in [0.2, 0.25) is 5.78 Å². The number of furan rings is 1. The van der Waals surface area contributed by atoms with E-state index in [1.807, 2.05) is 6.07 Å². The summed E-state index contributed by atoms with van der Waals surface area (Å²) in [5.41, 5.74) is 1.01. The Labute approximate surface area is 160 Å². The van der Waals surface area contributed by atoms with Gasteiger partial charge in [-0.05, 0) is 30.3 Å². The summed E-state index contributed by atoms with van der Waals surface area (Å²) in [6, 6.07) is 22.1. The minimum Gasteiger partial charge on any atom is -0.461 e. The first kappa shape index (κ1) is 17.4. The van der Waals surface area contributed by atoms with Gasteiger partial charge in [0, 0.05) is 5.56 Å². The van der Waals surface area contributed by atoms with E-state index in [-0.39, 0.29) is 28.3 Å². The number of carbonyl (C=O) groups is 2. The van der Waals surface area contributed by atoms with Gasteiger partial charge in [0.05, 0.1) is 17.5 Å². The van der Waals surface area contributed by atoms with Crippen molar-refractivity contribution in [3.8, 4) is 5.69 Å². The Bertz CT molecular complexity index is 1200. The van der Waals surface area contributed by atoms with Gasteiger partial charge >= 0.3 is 0 Å². The number of hydrogen-bond acceptors (Lipinski definition) is 5. The molecule has 0 saturated carbocycles. The molecule has 0 aliphatic rings. The van der Waals surface area contributed by atoms with E-state index < -0.39 is 5.78 Å². The molecule has 4 aromatic rings. The van der Waals surface area contributed by atoms with Crippen LogP contribution in [0.3, 0.4) is 0 Å². The van der Waals surface area contributed by atoms with Gasteiger partial charge in [-0.3, -0.25) is 15.0 Å². The maximum atomic E-state index is 13.0. The number of hydrogen-bond donors (Lipinski definition) is 1. The third-order valence-electron chi connectivity index (χ3n) is 4.21. The highest BCUT2D eigenvalue weighted by Crippen LogP contribution is 2.13. The van der Waals surface area contributed by atoms with Crippen LogP contribution in [-0.2, 0) is 0 Å². The van der Waals surface area contributed by atoms with Gasteiger partial charge < -0.3 is 4.42 Å². The van der Waals surface area contributed by atoms with Crippen LogP contribution in [0.15, 0.2) is 89.5 Å². The normalized spacial score (nSPS) is 10.6. The molecule has 0 spiro atoms. The van der Waals surface area contributed by atoms with Crippen LogP contribution < -0.4 is 5.49 Å². The number of benzene rings is 2. The van der Waals surface area contributed by atoms with Crippen molar-refractivity contribution in [3.63, 3.8) is 0 Å². The van der Waals surface area contributed by atoms with Gasteiger partial charge in [-0.15, -0.1) is 0 Å². The maximum absolute atomic E-state index is 13.0. The number of nitrogens with zero attached hydrogens (tertiary/aromatic N) is 2. The van der Waals surface area contributed by atoms with E-state index in [0.717, 1.165) is 0 Å². The summed E-state index contributed by atoms with van der Waals surface area (Å²) in [4.78, 5) is 25.8. The predicted molar refractivity (Wildman–Crippen MR) is 101 cm³/mol. The summed E-state index contributed by atoms with van der Waals surface area (Å²) >= 11 is 0. The highest BCUT2D eigenvalue weighted by molar-refractivity contribution is 6.11. The lowest BCUT2D eigenvalue weighted by atomic mass is 10.0. The predicted octanol–water partition coefficient (Wildman–Crippen LogP) is 3.41. The highest BCUT2D eigenvalue weighted by atomic mass is 16.3. The van der Waals surface area contributed by atoms with Crippen LogP contribution in [0.4, 0.5) is 0 Å². The van der Waals surface area contributed by atoms with Gasteiger partial charge in [-0.1, -0.05) is 48.5 Å². The Balaban J connectivity index is 1.92. The topological polar surface area (TPSA) is 88.9 Å². The average molecular weight is 369 g/mol. The molecule has 0 saturated heterocycles. The lowest BCUT2D eigenvalue weighted by Gasteiger charge is -2.11. The van der Waals surface area contributed by atoms with E-state index in [9.17, 15) is 9.59 Å². The fraction of sp³-hybridized carbons (Fsp3) is 0. The van der Waals surface area contributed by atoms with Crippen molar-refractivity contribution in [3.05, 3.63) is 113 Å². The zero-order valence-corrected chi connectivity index (χ0v) is 14.7. The Morgan fingerprint density at radius 1 is 0.857 bits per heavy atom. The second-order valence-electron chi connectivity index (χ2n) is 6.04. The molecule has 2 aromatic heterocycles. The van der Waals surface area contributed by atoms with Gasteiger partial charge in [-0.2, -0.15) is 5.10 Å². The van der Waals surface area contributed by atoms with Gasteiger partial charge in [0.15, 0.2) is 17.0 Å². The number of ketones is 2. The molecule has 6 heteroatoms. The molecule has 2 aromatic carbocycles. The van der Waals surface area contributed by atoms with E-state index in [1.54, 1.807) is 60.7 Å². The molecule has 0 unspecified atom stereocenters. The van der Waals surface area contributed by atoms with Crippen LogP contribution in [0, 0.1) is 5.41 Å². The van der Waals surface area contributed by atoms with E-state index in [4.69, 9.17) is 9.83 Å². The lowest BCUT2D eigenvalue weighted by Crippen LogP contribution is -2.30. The van der Waals surface area contributed by atoms with Gasteiger partial charge in [-0.25, -0.2) is 4.68 Å². The van der Waals surface area contributed by atoms with Crippen molar-refractivity contribution in [1.29, 1.82) is 5.41 Å². The SMILES string of the molecule is N=c1c(C(=O)c2ccccc2)cc(C(=O)c2ccco2)nn1-c1ccccc1. The van der Waals surface area contributed by atoms with Crippen LogP contribution in [0.2, 0.25) is 0 Å². The molecular weight excluding hydrogens is 354 g/mol. The van der Waals surface area contributed by atoms with Gasteiger partial charge in [0.1, 0.15) is 5.69 Å². The van der Waals surface area contributed by atoms with Crippen molar-refractivity contribution < 1.29 is 14.0 Å². The summed E-state index contributed by atoms with van der Waals surface area (Å²) in [6.45, 7) is 0. The first-order chi connectivity index (χ1) is 13.6. The molecule has 4 rings (SSSR count). The van der Waals surface area contributed by atoms with Crippen molar-refractivity contribution in [1.82, 2.24) is 9.78 Å². The molecule has 0 amide bonds. The average Bonchev–Trinajstić information content (AvgIpc) is 3.29. The summed E-state index contributed by atoms with van der Waals surface area (Å²) in [7, 11) is 0. The smallest absolute Gasteiger partial charge is 0.248 e. The first-order valence-corrected chi connectivity index (χ1v) is 8.57. The fourth-order valence-electron chi connectivity index (χ4n) is 2.82. The molecule has 6 nitrogen and oxygen atoms in total. The number of aromatic nitrogens is 2. The number of carbonyl (C=O) groups excluding carboxylic acids is 2. The number of para-hydroxylation sites is 1. The zero-order chi connectivity index (χ0) is 19.5. The minimum absolute atomic E-state index is 0.0223. The molecule has 0 aliphatic heterocycles. The summed E-state index contributed by atoms with van der Waals surface area (Å²) in [5.74, 6) is -0.703. The summed E-state index contributed by atoms with van der Waals surface area (Å²) in [6.07, 6.45) is 1.40. The first-order valence-electron chi connectivity index (χ1n) is 8.57. The molecule has 0 atom stereocenters. The Kier molecular flexibility index (Phi) is 4.51.